The first-order valence-electron chi connectivity index (χ1n) is 6.40. The first-order valence-corrected chi connectivity index (χ1v) is 7.98. The molecule has 0 radical (unpaired) electrons. The van der Waals surface area contributed by atoms with Gasteiger partial charge in [0.15, 0.2) is 0 Å². The third-order valence-corrected chi connectivity index (χ3v) is 3.67. The second kappa shape index (κ2) is 8.42. The second-order valence-corrected chi connectivity index (χ2v) is 6.60. The Morgan fingerprint density at radius 1 is 1.20 bits per heavy atom. The van der Waals surface area contributed by atoms with Gasteiger partial charge in [0.1, 0.15) is 0 Å². The highest BCUT2D eigenvalue weighted by atomic mass is 79.9. The molecule has 4 nitrogen and oxygen atoms in total. The van der Waals surface area contributed by atoms with E-state index in [1.807, 2.05) is 19.9 Å². The highest BCUT2D eigenvalue weighted by Gasteiger charge is 2.10. The van der Waals surface area contributed by atoms with E-state index in [9.17, 15) is 9.59 Å². The van der Waals surface area contributed by atoms with Crippen molar-refractivity contribution < 1.29 is 9.59 Å². The van der Waals surface area contributed by atoms with Crippen LogP contribution in [0.2, 0.25) is 0 Å². The van der Waals surface area contributed by atoms with Crippen molar-refractivity contribution in [2.24, 2.45) is 5.92 Å². The van der Waals surface area contributed by atoms with Gasteiger partial charge in [0.05, 0.1) is 5.56 Å². The van der Waals surface area contributed by atoms with Gasteiger partial charge in [-0.3, -0.25) is 9.59 Å². The van der Waals surface area contributed by atoms with Crippen molar-refractivity contribution in [1.29, 1.82) is 0 Å². The lowest BCUT2D eigenvalue weighted by Gasteiger charge is -2.09. The van der Waals surface area contributed by atoms with Crippen molar-refractivity contribution >= 4 is 43.7 Å². The summed E-state index contributed by atoms with van der Waals surface area (Å²) in [5.74, 6) is 0.183. The monoisotopic (exact) mass is 404 g/mol. The lowest BCUT2D eigenvalue weighted by atomic mass is 10.2. The fourth-order valence-corrected chi connectivity index (χ4v) is 2.69. The first kappa shape index (κ1) is 17.2. The Bertz CT molecular complexity index is 490. The number of hydrogen-bond donors (Lipinski definition) is 2. The molecule has 6 heteroatoms. The quantitative estimate of drug-likeness (QED) is 0.763. The zero-order valence-corrected chi connectivity index (χ0v) is 14.7. The van der Waals surface area contributed by atoms with Crippen LogP contribution in [-0.4, -0.2) is 24.9 Å². The van der Waals surface area contributed by atoms with Gasteiger partial charge >= 0.3 is 0 Å². The van der Waals surface area contributed by atoms with Crippen LogP contribution in [0.25, 0.3) is 0 Å². The number of carbonyl (C=O) groups excluding carboxylic acids is 2. The Hall–Kier alpha value is -0.880. The van der Waals surface area contributed by atoms with Crippen molar-refractivity contribution in [2.75, 3.05) is 13.1 Å². The minimum absolute atomic E-state index is 0.0473. The second-order valence-electron chi connectivity index (χ2n) is 4.83. The fraction of sp³-hybridized carbons (Fsp3) is 0.429. The molecule has 0 saturated heterocycles. The standard InChI is InChI=1S/C14H18Br2N2O2/c1-9(2)8-18-13(19)5-6-17-14(20)11-4-3-10(15)7-12(11)16/h3-4,7,9H,5-6,8H2,1-2H3,(H,17,20)(H,18,19). The van der Waals surface area contributed by atoms with Crippen LogP contribution in [0.1, 0.15) is 30.6 Å². The summed E-state index contributed by atoms with van der Waals surface area (Å²) in [5, 5.41) is 5.54. The Kier molecular flexibility index (Phi) is 7.23. The van der Waals surface area contributed by atoms with E-state index in [1.54, 1.807) is 12.1 Å². The van der Waals surface area contributed by atoms with Crippen LogP contribution in [0.3, 0.4) is 0 Å². The molecule has 0 aliphatic rings. The van der Waals surface area contributed by atoms with Crippen LogP contribution in [-0.2, 0) is 4.79 Å². The number of hydrogen-bond acceptors (Lipinski definition) is 2. The number of amides is 2. The van der Waals surface area contributed by atoms with Gasteiger partial charge in [-0.2, -0.15) is 0 Å². The van der Waals surface area contributed by atoms with E-state index in [0.717, 1.165) is 4.47 Å². The zero-order valence-electron chi connectivity index (χ0n) is 11.5. The average molecular weight is 406 g/mol. The molecule has 2 N–H and O–H groups in total. The van der Waals surface area contributed by atoms with Gasteiger partial charge < -0.3 is 10.6 Å². The molecule has 0 spiro atoms. The molecule has 0 unspecified atom stereocenters. The molecule has 1 rings (SSSR count). The summed E-state index contributed by atoms with van der Waals surface area (Å²) in [6, 6.07) is 5.33. The highest BCUT2D eigenvalue weighted by molar-refractivity contribution is 9.11. The van der Waals surface area contributed by atoms with Crippen LogP contribution in [0, 0.1) is 5.92 Å². The smallest absolute Gasteiger partial charge is 0.252 e. The zero-order chi connectivity index (χ0) is 15.1. The first-order chi connectivity index (χ1) is 9.40. The van der Waals surface area contributed by atoms with Crippen LogP contribution in [0.5, 0.6) is 0 Å². The maximum atomic E-state index is 11.9. The number of nitrogens with one attached hydrogen (secondary N) is 2. The lowest BCUT2D eigenvalue weighted by Crippen LogP contribution is -2.32. The Morgan fingerprint density at radius 3 is 2.50 bits per heavy atom. The third kappa shape index (κ3) is 6.05. The Labute approximate surface area is 136 Å². The van der Waals surface area contributed by atoms with Crippen LogP contribution >= 0.6 is 31.9 Å². The summed E-state index contributed by atoms with van der Waals surface area (Å²) in [6.45, 7) is 5.05. The van der Waals surface area contributed by atoms with E-state index < -0.39 is 0 Å². The maximum absolute atomic E-state index is 11.9. The van der Waals surface area contributed by atoms with Gasteiger partial charge in [-0.1, -0.05) is 29.8 Å². The van der Waals surface area contributed by atoms with Crippen molar-refractivity contribution in [3.63, 3.8) is 0 Å². The molecular formula is C14H18Br2N2O2. The molecule has 20 heavy (non-hydrogen) atoms. The van der Waals surface area contributed by atoms with Crippen LogP contribution in [0.15, 0.2) is 27.1 Å². The number of rotatable bonds is 6. The average Bonchev–Trinajstić information content (AvgIpc) is 2.36. The van der Waals surface area contributed by atoms with Crippen LogP contribution < -0.4 is 10.6 Å². The SMILES string of the molecule is CC(C)CNC(=O)CCNC(=O)c1ccc(Br)cc1Br. The molecule has 1 aromatic carbocycles. The highest BCUT2D eigenvalue weighted by Crippen LogP contribution is 2.21. The van der Waals surface area contributed by atoms with Gasteiger partial charge in [-0.25, -0.2) is 0 Å². The molecular weight excluding hydrogens is 388 g/mol. The van der Waals surface area contributed by atoms with E-state index in [4.69, 9.17) is 0 Å². The van der Waals surface area contributed by atoms with E-state index in [1.165, 1.54) is 0 Å². The fourth-order valence-electron chi connectivity index (χ4n) is 1.46. The Balaban J connectivity index is 2.38. The summed E-state index contributed by atoms with van der Waals surface area (Å²) in [5.41, 5.74) is 0.552. The molecule has 0 bridgehead atoms. The summed E-state index contributed by atoms with van der Waals surface area (Å²) in [6.07, 6.45) is 0.284. The van der Waals surface area contributed by atoms with Crippen molar-refractivity contribution in [2.45, 2.75) is 20.3 Å². The van der Waals surface area contributed by atoms with Crippen molar-refractivity contribution in [1.82, 2.24) is 10.6 Å². The molecule has 0 aliphatic heterocycles. The predicted octanol–water partition coefficient (Wildman–Crippen LogP) is 3.10. The van der Waals surface area contributed by atoms with Crippen molar-refractivity contribution in [3.8, 4) is 0 Å². The third-order valence-electron chi connectivity index (χ3n) is 2.52. The topological polar surface area (TPSA) is 58.2 Å². The molecule has 110 valence electrons. The molecule has 0 heterocycles. The largest absolute Gasteiger partial charge is 0.356 e. The van der Waals surface area contributed by atoms with E-state index in [2.05, 4.69) is 42.5 Å². The minimum Gasteiger partial charge on any atom is -0.356 e. The molecule has 0 aliphatic carbocycles. The molecule has 2 amide bonds. The lowest BCUT2D eigenvalue weighted by molar-refractivity contribution is -0.121. The summed E-state index contributed by atoms with van der Waals surface area (Å²) >= 11 is 6.67. The number of carbonyl (C=O) groups is 2. The van der Waals surface area contributed by atoms with Gasteiger partial charge in [0.25, 0.3) is 5.91 Å². The van der Waals surface area contributed by atoms with Gasteiger partial charge in [0.2, 0.25) is 5.91 Å². The van der Waals surface area contributed by atoms with E-state index >= 15 is 0 Å². The van der Waals surface area contributed by atoms with Gasteiger partial charge in [-0.05, 0) is 40.0 Å². The molecule has 0 fully saturated rings. The van der Waals surface area contributed by atoms with Gasteiger partial charge in [0, 0.05) is 28.5 Å². The summed E-state index contributed by atoms with van der Waals surface area (Å²) in [7, 11) is 0. The number of benzene rings is 1. The molecule has 0 saturated carbocycles. The molecule has 1 aromatic rings. The van der Waals surface area contributed by atoms with Crippen molar-refractivity contribution in [3.05, 3.63) is 32.7 Å². The van der Waals surface area contributed by atoms with E-state index in [0.29, 0.717) is 29.0 Å². The number of halogens is 2. The molecule has 0 atom stereocenters. The summed E-state index contributed by atoms with van der Waals surface area (Å²) < 4.78 is 1.61. The Morgan fingerprint density at radius 2 is 1.90 bits per heavy atom. The van der Waals surface area contributed by atoms with Crippen LogP contribution in [0.4, 0.5) is 0 Å². The predicted molar refractivity (Wildman–Crippen MR) is 86.6 cm³/mol. The summed E-state index contributed by atoms with van der Waals surface area (Å²) in [4.78, 5) is 23.4. The van der Waals surface area contributed by atoms with E-state index in [-0.39, 0.29) is 18.2 Å². The minimum atomic E-state index is -0.193. The molecule has 0 aromatic heterocycles. The van der Waals surface area contributed by atoms with Gasteiger partial charge in [-0.15, -0.1) is 0 Å². The normalized spacial score (nSPS) is 10.4. The maximum Gasteiger partial charge on any atom is 0.252 e.